The molecule has 0 atom stereocenters. The second-order valence-corrected chi connectivity index (χ2v) is 5.15. The summed E-state index contributed by atoms with van der Waals surface area (Å²) in [6.07, 6.45) is 3.69. The van der Waals surface area contributed by atoms with Crippen molar-refractivity contribution in [2.45, 2.75) is 25.4 Å². The first-order valence-electron chi connectivity index (χ1n) is 6.70. The van der Waals surface area contributed by atoms with Crippen LogP contribution in [0.2, 0.25) is 0 Å². The minimum atomic E-state index is -0.956. The van der Waals surface area contributed by atoms with E-state index in [-0.39, 0.29) is 25.0 Å². The molecule has 1 aliphatic rings. The van der Waals surface area contributed by atoms with E-state index in [4.69, 9.17) is 5.11 Å². The Bertz CT molecular complexity index is 658. The van der Waals surface area contributed by atoms with Crippen molar-refractivity contribution in [1.82, 2.24) is 9.47 Å². The number of nitrogens with zero attached hydrogens (tertiary/aromatic N) is 2. The molecule has 20 heavy (non-hydrogen) atoms. The molecular formula is C15H16N2O3. The van der Waals surface area contributed by atoms with Crippen LogP contribution < -0.4 is 0 Å². The van der Waals surface area contributed by atoms with Crippen LogP contribution in [0, 0.1) is 0 Å². The van der Waals surface area contributed by atoms with Gasteiger partial charge in [-0.3, -0.25) is 9.59 Å². The molecule has 104 valence electrons. The summed E-state index contributed by atoms with van der Waals surface area (Å²) in [7, 11) is 0. The van der Waals surface area contributed by atoms with Gasteiger partial charge in [0.1, 0.15) is 13.1 Å². The number of para-hydroxylation sites is 1. The average Bonchev–Trinajstić information content (AvgIpc) is 3.19. The average molecular weight is 272 g/mol. The van der Waals surface area contributed by atoms with Crippen molar-refractivity contribution in [2.24, 2.45) is 0 Å². The summed E-state index contributed by atoms with van der Waals surface area (Å²) in [5, 5.41) is 9.99. The van der Waals surface area contributed by atoms with Crippen LogP contribution in [0.1, 0.15) is 12.8 Å². The van der Waals surface area contributed by atoms with Gasteiger partial charge in [-0.05, 0) is 30.4 Å². The first kappa shape index (κ1) is 12.7. The molecule has 0 radical (unpaired) electrons. The molecule has 1 saturated carbocycles. The van der Waals surface area contributed by atoms with Crippen molar-refractivity contribution in [2.75, 3.05) is 6.54 Å². The van der Waals surface area contributed by atoms with Crippen molar-refractivity contribution in [3.05, 3.63) is 36.5 Å². The fourth-order valence-electron chi connectivity index (χ4n) is 2.47. The number of rotatable bonds is 5. The molecule has 0 spiro atoms. The molecule has 0 saturated heterocycles. The van der Waals surface area contributed by atoms with Crippen LogP contribution >= 0.6 is 0 Å². The standard InChI is InChI=1S/C15H16N2O3/c18-14(17(10-15(19)20)12-5-6-12)9-16-8-7-11-3-1-2-4-13(11)16/h1-4,7-8,12H,5-6,9-10H2,(H,19,20). The summed E-state index contributed by atoms with van der Waals surface area (Å²) >= 11 is 0. The van der Waals surface area contributed by atoms with Crippen molar-refractivity contribution < 1.29 is 14.7 Å². The summed E-state index contributed by atoms with van der Waals surface area (Å²) in [5.74, 6) is -1.08. The molecule has 5 heteroatoms. The van der Waals surface area contributed by atoms with Crippen LogP contribution in [-0.4, -0.2) is 39.0 Å². The number of aromatic nitrogens is 1. The molecule has 3 rings (SSSR count). The number of carboxylic acids is 1. The Hall–Kier alpha value is -2.30. The van der Waals surface area contributed by atoms with Crippen molar-refractivity contribution in [3.63, 3.8) is 0 Å². The lowest BCUT2D eigenvalue weighted by Crippen LogP contribution is -2.39. The highest BCUT2D eigenvalue weighted by molar-refractivity contribution is 5.85. The third-order valence-electron chi connectivity index (χ3n) is 3.60. The predicted octanol–water partition coefficient (Wildman–Crippen LogP) is 1.72. The van der Waals surface area contributed by atoms with Crippen LogP contribution in [0.25, 0.3) is 10.9 Å². The monoisotopic (exact) mass is 272 g/mol. The van der Waals surface area contributed by atoms with Gasteiger partial charge in [0.25, 0.3) is 0 Å². The second kappa shape index (κ2) is 5.00. The summed E-state index contributed by atoms with van der Waals surface area (Å²) in [5.41, 5.74) is 0.993. The van der Waals surface area contributed by atoms with Crippen LogP contribution in [0.4, 0.5) is 0 Å². The van der Waals surface area contributed by atoms with Gasteiger partial charge < -0.3 is 14.6 Å². The first-order valence-corrected chi connectivity index (χ1v) is 6.70. The van der Waals surface area contributed by atoms with Crippen LogP contribution in [-0.2, 0) is 16.1 Å². The summed E-state index contributed by atoms with van der Waals surface area (Å²) in [6, 6.07) is 9.91. The number of hydrogen-bond acceptors (Lipinski definition) is 2. The second-order valence-electron chi connectivity index (χ2n) is 5.15. The van der Waals surface area contributed by atoms with E-state index in [9.17, 15) is 9.59 Å². The molecule has 1 N–H and O–H groups in total. The zero-order valence-corrected chi connectivity index (χ0v) is 11.0. The molecule has 5 nitrogen and oxygen atoms in total. The van der Waals surface area contributed by atoms with Gasteiger partial charge >= 0.3 is 5.97 Å². The van der Waals surface area contributed by atoms with Gasteiger partial charge in [0, 0.05) is 17.8 Å². The van der Waals surface area contributed by atoms with E-state index in [1.54, 1.807) is 0 Å². The number of fused-ring (bicyclic) bond motifs is 1. The van der Waals surface area contributed by atoms with E-state index in [0.717, 1.165) is 23.7 Å². The number of carbonyl (C=O) groups is 2. The zero-order valence-electron chi connectivity index (χ0n) is 11.0. The predicted molar refractivity (Wildman–Crippen MR) is 74.3 cm³/mol. The van der Waals surface area contributed by atoms with E-state index in [0.29, 0.717) is 0 Å². The lowest BCUT2D eigenvalue weighted by Gasteiger charge is -2.20. The maximum atomic E-state index is 12.3. The fraction of sp³-hybridized carbons (Fsp3) is 0.333. The number of carbonyl (C=O) groups excluding carboxylic acids is 1. The van der Waals surface area contributed by atoms with Crippen LogP contribution in [0.5, 0.6) is 0 Å². The minimum Gasteiger partial charge on any atom is -0.480 e. The Morgan fingerprint density at radius 2 is 2.00 bits per heavy atom. The Morgan fingerprint density at radius 1 is 1.25 bits per heavy atom. The van der Waals surface area contributed by atoms with Gasteiger partial charge in [-0.2, -0.15) is 0 Å². The van der Waals surface area contributed by atoms with E-state index >= 15 is 0 Å². The summed E-state index contributed by atoms with van der Waals surface area (Å²) in [6.45, 7) is -0.0139. The number of amides is 1. The highest BCUT2D eigenvalue weighted by Gasteiger charge is 2.33. The van der Waals surface area contributed by atoms with Crippen molar-refractivity contribution in [3.8, 4) is 0 Å². The van der Waals surface area contributed by atoms with Crippen LogP contribution in [0.15, 0.2) is 36.5 Å². The van der Waals surface area contributed by atoms with Gasteiger partial charge in [0.15, 0.2) is 0 Å². The lowest BCUT2D eigenvalue weighted by molar-refractivity contribution is -0.145. The first-order chi connectivity index (χ1) is 9.65. The molecule has 1 aliphatic carbocycles. The van der Waals surface area contributed by atoms with Crippen molar-refractivity contribution in [1.29, 1.82) is 0 Å². The Balaban J connectivity index is 1.78. The summed E-state index contributed by atoms with van der Waals surface area (Å²) in [4.78, 5) is 24.7. The van der Waals surface area contributed by atoms with E-state index in [1.807, 2.05) is 41.1 Å². The molecule has 1 aromatic heterocycles. The number of benzene rings is 1. The van der Waals surface area contributed by atoms with E-state index in [1.165, 1.54) is 4.90 Å². The van der Waals surface area contributed by atoms with Gasteiger partial charge in [-0.15, -0.1) is 0 Å². The highest BCUT2D eigenvalue weighted by Crippen LogP contribution is 2.27. The quantitative estimate of drug-likeness (QED) is 0.901. The zero-order chi connectivity index (χ0) is 14.1. The Labute approximate surface area is 116 Å². The third kappa shape index (κ3) is 2.52. The minimum absolute atomic E-state index is 0.112. The van der Waals surface area contributed by atoms with E-state index < -0.39 is 5.97 Å². The maximum Gasteiger partial charge on any atom is 0.323 e. The van der Waals surface area contributed by atoms with E-state index in [2.05, 4.69) is 0 Å². The number of hydrogen-bond donors (Lipinski definition) is 1. The smallest absolute Gasteiger partial charge is 0.323 e. The molecular weight excluding hydrogens is 256 g/mol. The Morgan fingerprint density at radius 3 is 2.70 bits per heavy atom. The highest BCUT2D eigenvalue weighted by atomic mass is 16.4. The lowest BCUT2D eigenvalue weighted by atomic mass is 10.2. The molecule has 0 aliphatic heterocycles. The number of carboxylic acid groups (broad SMARTS) is 1. The molecule has 1 amide bonds. The van der Waals surface area contributed by atoms with Gasteiger partial charge in [-0.25, -0.2) is 0 Å². The van der Waals surface area contributed by atoms with Gasteiger partial charge in [0.2, 0.25) is 5.91 Å². The van der Waals surface area contributed by atoms with Crippen LogP contribution in [0.3, 0.4) is 0 Å². The molecule has 0 unspecified atom stereocenters. The topological polar surface area (TPSA) is 62.5 Å². The summed E-state index contributed by atoms with van der Waals surface area (Å²) < 4.78 is 1.87. The molecule has 0 bridgehead atoms. The van der Waals surface area contributed by atoms with Gasteiger partial charge in [0.05, 0.1) is 0 Å². The third-order valence-corrected chi connectivity index (χ3v) is 3.60. The molecule has 1 heterocycles. The van der Waals surface area contributed by atoms with Gasteiger partial charge in [-0.1, -0.05) is 18.2 Å². The maximum absolute atomic E-state index is 12.3. The molecule has 1 fully saturated rings. The normalized spacial score (nSPS) is 14.4. The Kier molecular flexibility index (Phi) is 3.18. The number of aliphatic carboxylic acids is 1. The SMILES string of the molecule is O=C(O)CN(C(=O)Cn1ccc2ccccc21)C1CC1. The largest absolute Gasteiger partial charge is 0.480 e. The molecule has 1 aromatic carbocycles. The van der Waals surface area contributed by atoms with Crippen molar-refractivity contribution >= 4 is 22.8 Å². The fourth-order valence-corrected chi connectivity index (χ4v) is 2.47. The molecule has 2 aromatic rings.